The second-order valence-corrected chi connectivity index (χ2v) is 7.38. The van der Waals surface area contributed by atoms with Crippen molar-refractivity contribution in [2.24, 2.45) is 0 Å². The fraction of sp³-hybridized carbons (Fsp3) is 0.455. The fourth-order valence-corrected chi connectivity index (χ4v) is 3.45. The van der Waals surface area contributed by atoms with Crippen LogP contribution >= 0.6 is 0 Å². The summed E-state index contributed by atoms with van der Waals surface area (Å²) in [4.78, 5) is 23.6. The van der Waals surface area contributed by atoms with E-state index < -0.39 is 0 Å². The monoisotopic (exact) mass is 381 g/mol. The summed E-state index contributed by atoms with van der Waals surface area (Å²) in [6, 6.07) is 14.3. The second kappa shape index (κ2) is 10.2. The Kier molecular flexibility index (Phi) is 7.39. The van der Waals surface area contributed by atoms with Crippen LogP contribution in [0.1, 0.15) is 18.1 Å². The lowest BCUT2D eigenvalue weighted by Crippen LogP contribution is -2.46. The number of amides is 1. The van der Waals surface area contributed by atoms with Crippen molar-refractivity contribution >= 4 is 11.7 Å². The van der Waals surface area contributed by atoms with Crippen LogP contribution in [0.25, 0.3) is 0 Å². The molecule has 1 aromatic heterocycles. The molecule has 1 amide bonds. The summed E-state index contributed by atoms with van der Waals surface area (Å²) >= 11 is 0. The highest BCUT2D eigenvalue weighted by Gasteiger charge is 2.16. The molecule has 1 aliphatic rings. The first-order valence-corrected chi connectivity index (χ1v) is 10.1. The standard InChI is InChI=1S/C22H31N5O/c1-3-26-11-13-27(14-12-26)21-10-9-20(15-23-21)16-24-22(28)18-25(2)17-19-7-5-4-6-8-19/h4-10,15H,3,11-14,16-18H2,1-2H3,(H,24,28). The number of rotatable bonds is 8. The van der Waals surface area contributed by atoms with Gasteiger partial charge >= 0.3 is 0 Å². The SMILES string of the molecule is CCN1CCN(c2ccc(CNC(=O)CN(C)Cc3ccccc3)cn2)CC1. The number of pyridine rings is 1. The van der Waals surface area contributed by atoms with Crippen molar-refractivity contribution in [3.63, 3.8) is 0 Å². The summed E-state index contributed by atoms with van der Waals surface area (Å²) in [6.07, 6.45) is 1.87. The summed E-state index contributed by atoms with van der Waals surface area (Å²) in [5, 5.41) is 2.99. The van der Waals surface area contributed by atoms with Crippen molar-refractivity contribution in [1.29, 1.82) is 0 Å². The van der Waals surface area contributed by atoms with Gasteiger partial charge in [-0.3, -0.25) is 9.69 Å². The Morgan fingerprint density at radius 2 is 1.82 bits per heavy atom. The highest BCUT2D eigenvalue weighted by Crippen LogP contribution is 2.14. The molecule has 0 unspecified atom stereocenters. The maximum absolute atomic E-state index is 12.2. The first-order chi connectivity index (χ1) is 13.6. The molecule has 1 N–H and O–H groups in total. The van der Waals surface area contributed by atoms with Gasteiger partial charge in [-0.15, -0.1) is 0 Å². The molecule has 1 fully saturated rings. The Morgan fingerprint density at radius 3 is 2.46 bits per heavy atom. The van der Waals surface area contributed by atoms with Gasteiger partial charge in [-0.2, -0.15) is 0 Å². The molecule has 1 aromatic carbocycles. The summed E-state index contributed by atoms with van der Waals surface area (Å²) < 4.78 is 0. The van der Waals surface area contributed by atoms with Gasteiger partial charge in [-0.05, 0) is 30.8 Å². The van der Waals surface area contributed by atoms with Crippen molar-refractivity contribution in [3.8, 4) is 0 Å². The predicted molar refractivity (Wildman–Crippen MR) is 113 cm³/mol. The van der Waals surface area contributed by atoms with E-state index in [9.17, 15) is 4.79 Å². The number of carbonyl (C=O) groups excluding carboxylic acids is 1. The van der Waals surface area contributed by atoms with Gasteiger partial charge in [0.2, 0.25) is 5.91 Å². The number of nitrogens with zero attached hydrogens (tertiary/aromatic N) is 4. The quantitative estimate of drug-likeness (QED) is 0.758. The number of carbonyl (C=O) groups is 1. The fourth-order valence-electron chi connectivity index (χ4n) is 3.45. The van der Waals surface area contributed by atoms with Gasteiger partial charge in [-0.25, -0.2) is 4.98 Å². The number of anilines is 1. The van der Waals surface area contributed by atoms with Crippen LogP contribution in [0.4, 0.5) is 5.82 Å². The van der Waals surface area contributed by atoms with Crippen LogP contribution < -0.4 is 10.2 Å². The van der Waals surface area contributed by atoms with E-state index in [1.165, 1.54) is 5.56 Å². The van der Waals surface area contributed by atoms with Crippen LogP contribution in [0.15, 0.2) is 48.7 Å². The molecule has 0 bridgehead atoms. The van der Waals surface area contributed by atoms with Crippen molar-refractivity contribution in [2.75, 3.05) is 51.2 Å². The van der Waals surface area contributed by atoms with Gasteiger partial charge in [-0.1, -0.05) is 43.3 Å². The molecule has 0 spiro atoms. The molecular weight excluding hydrogens is 350 g/mol. The number of likely N-dealkylation sites (N-methyl/N-ethyl adjacent to an activating group) is 2. The average Bonchev–Trinajstić information content (AvgIpc) is 2.73. The van der Waals surface area contributed by atoms with Crippen molar-refractivity contribution < 1.29 is 4.79 Å². The number of aromatic nitrogens is 1. The first kappa shape index (κ1) is 20.3. The normalized spacial score (nSPS) is 15.0. The zero-order valence-corrected chi connectivity index (χ0v) is 17.0. The molecule has 0 radical (unpaired) electrons. The minimum absolute atomic E-state index is 0.0261. The van der Waals surface area contributed by atoms with Crippen LogP contribution in [-0.4, -0.2) is 67.0 Å². The molecule has 3 rings (SSSR count). The molecule has 6 heteroatoms. The Hall–Kier alpha value is -2.44. The van der Waals surface area contributed by atoms with Gasteiger partial charge in [0.05, 0.1) is 6.54 Å². The van der Waals surface area contributed by atoms with E-state index in [1.807, 2.05) is 36.3 Å². The molecule has 0 aliphatic carbocycles. The zero-order chi connectivity index (χ0) is 19.8. The van der Waals surface area contributed by atoms with Crippen LogP contribution in [0.5, 0.6) is 0 Å². The molecule has 6 nitrogen and oxygen atoms in total. The molecule has 0 atom stereocenters. The molecule has 0 saturated carbocycles. The number of hydrogen-bond acceptors (Lipinski definition) is 5. The van der Waals surface area contributed by atoms with E-state index >= 15 is 0 Å². The average molecular weight is 382 g/mol. The molecule has 150 valence electrons. The van der Waals surface area contributed by atoms with Crippen molar-refractivity contribution in [1.82, 2.24) is 20.1 Å². The van der Waals surface area contributed by atoms with Gasteiger partial charge in [0.25, 0.3) is 0 Å². The third kappa shape index (κ3) is 6.04. The highest BCUT2D eigenvalue weighted by atomic mass is 16.2. The van der Waals surface area contributed by atoms with E-state index in [4.69, 9.17) is 0 Å². The third-order valence-corrected chi connectivity index (χ3v) is 5.15. The first-order valence-electron chi connectivity index (χ1n) is 10.1. The van der Waals surface area contributed by atoms with Crippen molar-refractivity contribution in [2.45, 2.75) is 20.0 Å². The molecule has 1 saturated heterocycles. The van der Waals surface area contributed by atoms with Crippen molar-refractivity contribution in [3.05, 3.63) is 59.8 Å². The van der Waals surface area contributed by atoms with Crippen LogP contribution in [0, 0.1) is 0 Å². The van der Waals surface area contributed by atoms with Gasteiger partial charge in [0.1, 0.15) is 5.82 Å². The predicted octanol–water partition coefficient (Wildman–Crippen LogP) is 1.97. The van der Waals surface area contributed by atoms with E-state index in [0.717, 1.165) is 50.6 Å². The Balaban J connectivity index is 1.41. The minimum Gasteiger partial charge on any atom is -0.354 e. The van der Waals surface area contributed by atoms with E-state index in [1.54, 1.807) is 0 Å². The van der Waals surface area contributed by atoms with Gasteiger partial charge < -0.3 is 15.1 Å². The Labute approximate surface area is 168 Å². The molecular formula is C22H31N5O. The summed E-state index contributed by atoms with van der Waals surface area (Å²) in [6.45, 7) is 9.18. The number of nitrogens with one attached hydrogen (secondary N) is 1. The Morgan fingerprint density at radius 1 is 1.07 bits per heavy atom. The second-order valence-electron chi connectivity index (χ2n) is 7.38. The number of piperazine rings is 1. The topological polar surface area (TPSA) is 51.7 Å². The zero-order valence-electron chi connectivity index (χ0n) is 17.0. The molecule has 2 aromatic rings. The maximum Gasteiger partial charge on any atom is 0.234 e. The van der Waals surface area contributed by atoms with E-state index in [0.29, 0.717) is 13.1 Å². The van der Waals surface area contributed by atoms with Crippen LogP contribution in [0.3, 0.4) is 0 Å². The summed E-state index contributed by atoms with van der Waals surface area (Å²) in [5.41, 5.74) is 2.23. The van der Waals surface area contributed by atoms with Crippen LogP contribution in [-0.2, 0) is 17.9 Å². The highest BCUT2D eigenvalue weighted by molar-refractivity contribution is 5.77. The van der Waals surface area contributed by atoms with E-state index in [-0.39, 0.29) is 5.91 Å². The molecule has 1 aliphatic heterocycles. The minimum atomic E-state index is 0.0261. The summed E-state index contributed by atoms with van der Waals surface area (Å²) in [5.74, 6) is 1.05. The Bertz CT molecular complexity index is 726. The third-order valence-electron chi connectivity index (χ3n) is 5.15. The lowest BCUT2D eigenvalue weighted by molar-refractivity contribution is -0.122. The maximum atomic E-state index is 12.2. The number of hydrogen-bond donors (Lipinski definition) is 1. The number of benzene rings is 1. The van der Waals surface area contributed by atoms with E-state index in [2.05, 4.69) is 51.3 Å². The molecule has 2 heterocycles. The van der Waals surface area contributed by atoms with Gasteiger partial charge in [0, 0.05) is 45.5 Å². The van der Waals surface area contributed by atoms with Gasteiger partial charge in [0.15, 0.2) is 0 Å². The largest absolute Gasteiger partial charge is 0.354 e. The van der Waals surface area contributed by atoms with Crippen LogP contribution in [0.2, 0.25) is 0 Å². The smallest absolute Gasteiger partial charge is 0.234 e. The lowest BCUT2D eigenvalue weighted by Gasteiger charge is -2.34. The summed E-state index contributed by atoms with van der Waals surface area (Å²) in [7, 11) is 1.96. The molecule has 28 heavy (non-hydrogen) atoms. The lowest BCUT2D eigenvalue weighted by atomic mass is 10.2.